The Bertz CT molecular complexity index is 1310. The Morgan fingerprint density at radius 2 is 2.00 bits per heavy atom. The number of nitrogens with zero attached hydrogens (tertiary/aromatic N) is 1. The van der Waals surface area contributed by atoms with Crippen LogP contribution in [0, 0.1) is 0 Å². The molecular weight excluding hydrogens is 432 g/mol. The van der Waals surface area contributed by atoms with Gasteiger partial charge in [0, 0.05) is 36.0 Å². The van der Waals surface area contributed by atoms with E-state index in [0.717, 1.165) is 39.4 Å². The number of likely N-dealkylation sites (tertiary alicyclic amines) is 1. The lowest BCUT2D eigenvalue weighted by molar-refractivity contribution is -0.121. The average molecular weight is 459 g/mol. The van der Waals surface area contributed by atoms with Crippen LogP contribution in [0.1, 0.15) is 34.3 Å². The third-order valence-corrected chi connectivity index (χ3v) is 6.53. The number of hydrogen-bond acceptors (Lipinski definition) is 5. The minimum absolute atomic E-state index is 0.120. The second kappa shape index (κ2) is 8.62. The number of aromatic nitrogens is 1. The summed E-state index contributed by atoms with van der Waals surface area (Å²) in [5.74, 6) is 0.648. The zero-order valence-electron chi connectivity index (χ0n) is 18.8. The maximum absolute atomic E-state index is 13.2. The molecule has 1 saturated heterocycles. The summed E-state index contributed by atoms with van der Waals surface area (Å²) in [6.45, 7) is 0.986. The first kappa shape index (κ1) is 21.6. The van der Waals surface area contributed by atoms with Crippen molar-refractivity contribution in [2.45, 2.75) is 18.9 Å². The SMILES string of the molecule is COc1ccccc1-c1c[nH]c2c1C=C(c1ccc(O)c(C(=O)N3CCC[C@H]3C(N)=O)c1)CN2. The second-order valence-electron chi connectivity index (χ2n) is 8.51. The molecule has 0 saturated carbocycles. The highest BCUT2D eigenvalue weighted by Crippen LogP contribution is 2.39. The highest BCUT2D eigenvalue weighted by atomic mass is 16.5. The molecule has 2 aromatic carbocycles. The second-order valence-corrected chi connectivity index (χ2v) is 8.51. The van der Waals surface area contributed by atoms with E-state index in [-0.39, 0.29) is 17.2 Å². The Kier molecular flexibility index (Phi) is 5.49. The van der Waals surface area contributed by atoms with Crippen LogP contribution in [0.25, 0.3) is 22.8 Å². The van der Waals surface area contributed by atoms with Crippen LogP contribution in [0.15, 0.2) is 48.7 Å². The van der Waals surface area contributed by atoms with Crippen molar-refractivity contribution in [3.05, 3.63) is 65.4 Å². The number of benzene rings is 2. The van der Waals surface area contributed by atoms with Crippen LogP contribution in [-0.4, -0.2) is 53.0 Å². The van der Waals surface area contributed by atoms with Gasteiger partial charge in [0.25, 0.3) is 5.91 Å². The van der Waals surface area contributed by atoms with Gasteiger partial charge in [0.15, 0.2) is 0 Å². The number of aromatic hydroxyl groups is 1. The number of nitrogens with two attached hydrogens (primary N) is 1. The summed E-state index contributed by atoms with van der Waals surface area (Å²) in [7, 11) is 1.65. The van der Waals surface area contributed by atoms with Gasteiger partial charge in [0.05, 0.1) is 12.7 Å². The number of aromatic amines is 1. The van der Waals surface area contributed by atoms with Gasteiger partial charge in [-0.05, 0) is 48.3 Å². The zero-order chi connectivity index (χ0) is 23.8. The normalized spacial score (nSPS) is 17.0. The lowest BCUT2D eigenvalue weighted by Crippen LogP contribution is -2.43. The summed E-state index contributed by atoms with van der Waals surface area (Å²) >= 11 is 0. The number of methoxy groups -OCH3 is 1. The molecule has 0 unspecified atom stereocenters. The molecule has 1 fully saturated rings. The number of para-hydroxylation sites is 1. The van der Waals surface area contributed by atoms with Crippen LogP contribution in [0.5, 0.6) is 11.5 Å². The Hall–Kier alpha value is -4.20. The van der Waals surface area contributed by atoms with Gasteiger partial charge in [0.1, 0.15) is 23.4 Å². The predicted molar refractivity (Wildman–Crippen MR) is 131 cm³/mol. The summed E-state index contributed by atoms with van der Waals surface area (Å²) in [6.07, 6.45) is 5.26. The molecule has 2 aliphatic rings. The number of ether oxygens (including phenoxy) is 1. The monoisotopic (exact) mass is 458 g/mol. The third-order valence-electron chi connectivity index (χ3n) is 6.53. The Morgan fingerprint density at radius 1 is 1.18 bits per heavy atom. The molecule has 0 spiro atoms. The maximum atomic E-state index is 13.2. The molecule has 1 aromatic heterocycles. The number of hydrogen-bond donors (Lipinski definition) is 4. The molecule has 3 heterocycles. The van der Waals surface area contributed by atoms with E-state index in [4.69, 9.17) is 10.5 Å². The van der Waals surface area contributed by atoms with Gasteiger partial charge in [-0.2, -0.15) is 0 Å². The number of H-pyrrole nitrogens is 1. The van der Waals surface area contributed by atoms with E-state index in [9.17, 15) is 14.7 Å². The first-order chi connectivity index (χ1) is 16.5. The van der Waals surface area contributed by atoms with E-state index in [1.807, 2.05) is 30.5 Å². The molecule has 5 rings (SSSR count). The van der Waals surface area contributed by atoms with Gasteiger partial charge < -0.3 is 30.8 Å². The van der Waals surface area contributed by atoms with Crippen molar-refractivity contribution in [3.63, 3.8) is 0 Å². The van der Waals surface area contributed by atoms with Crippen LogP contribution in [0.3, 0.4) is 0 Å². The van der Waals surface area contributed by atoms with Crippen molar-refractivity contribution in [1.29, 1.82) is 0 Å². The molecule has 0 aliphatic carbocycles. The summed E-state index contributed by atoms with van der Waals surface area (Å²) in [5, 5.41) is 13.8. The topological polar surface area (TPSA) is 121 Å². The van der Waals surface area contributed by atoms with E-state index in [0.29, 0.717) is 25.9 Å². The van der Waals surface area contributed by atoms with Crippen LogP contribution in [-0.2, 0) is 4.79 Å². The van der Waals surface area contributed by atoms with Crippen LogP contribution in [0.4, 0.5) is 5.82 Å². The third kappa shape index (κ3) is 3.67. The maximum Gasteiger partial charge on any atom is 0.258 e. The summed E-state index contributed by atoms with van der Waals surface area (Å²) < 4.78 is 5.54. The van der Waals surface area contributed by atoms with Crippen LogP contribution in [0.2, 0.25) is 0 Å². The summed E-state index contributed by atoms with van der Waals surface area (Å²) in [6, 6.07) is 12.2. The van der Waals surface area contributed by atoms with Crippen molar-refractivity contribution in [2.75, 3.05) is 25.5 Å². The van der Waals surface area contributed by atoms with Crippen molar-refractivity contribution < 1.29 is 19.4 Å². The van der Waals surface area contributed by atoms with Gasteiger partial charge in [-0.3, -0.25) is 9.59 Å². The molecule has 34 heavy (non-hydrogen) atoms. The van der Waals surface area contributed by atoms with Crippen molar-refractivity contribution >= 4 is 29.3 Å². The Balaban J connectivity index is 1.52. The molecule has 5 N–H and O–H groups in total. The smallest absolute Gasteiger partial charge is 0.258 e. The van der Waals surface area contributed by atoms with E-state index in [2.05, 4.69) is 16.4 Å². The van der Waals surface area contributed by atoms with Crippen LogP contribution < -0.4 is 15.8 Å². The lowest BCUT2D eigenvalue weighted by atomic mass is 9.95. The van der Waals surface area contributed by atoms with Gasteiger partial charge in [-0.15, -0.1) is 0 Å². The first-order valence-electron chi connectivity index (χ1n) is 11.2. The number of nitrogens with one attached hydrogen (secondary N) is 2. The number of carbonyl (C=O) groups excluding carboxylic acids is 2. The standard InChI is InChI=1S/C26H26N4O4/c1-34-23-7-3-2-5-17(23)20-14-29-25-18(20)12-16(13-28-25)15-8-9-22(31)19(11-15)26(33)30-10-4-6-21(30)24(27)32/h2-3,5,7-9,11-12,14,21,28-29,31H,4,6,10,13H2,1H3,(H2,27,32)/t21-/m0/s1. The van der Waals surface area contributed by atoms with Gasteiger partial charge in [-0.25, -0.2) is 0 Å². The number of fused-ring (bicyclic) bond motifs is 1. The molecule has 0 radical (unpaired) electrons. The fourth-order valence-corrected chi connectivity index (χ4v) is 4.78. The number of phenolic OH excluding ortho intramolecular Hbond substituents is 1. The van der Waals surface area contributed by atoms with Crippen molar-refractivity contribution in [2.24, 2.45) is 5.73 Å². The molecule has 8 nitrogen and oxygen atoms in total. The van der Waals surface area contributed by atoms with Crippen molar-refractivity contribution in [3.8, 4) is 22.6 Å². The zero-order valence-corrected chi connectivity index (χ0v) is 18.8. The van der Waals surface area contributed by atoms with Gasteiger partial charge >= 0.3 is 0 Å². The Labute approximate surface area is 197 Å². The summed E-state index contributed by atoms with van der Waals surface area (Å²) in [4.78, 5) is 29.7. The predicted octanol–water partition coefficient (Wildman–Crippen LogP) is 3.45. The molecule has 1 atom stereocenters. The number of rotatable bonds is 5. The fourth-order valence-electron chi connectivity index (χ4n) is 4.78. The molecular formula is C26H26N4O4. The molecule has 0 bridgehead atoms. The minimum Gasteiger partial charge on any atom is -0.507 e. The molecule has 174 valence electrons. The highest BCUT2D eigenvalue weighted by molar-refractivity contribution is 6.02. The van der Waals surface area contributed by atoms with Gasteiger partial charge in [-0.1, -0.05) is 24.3 Å². The average Bonchev–Trinajstić information content (AvgIpc) is 3.51. The highest BCUT2D eigenvalue weighted by Gasteiger charge is 2.34. The minimum atomic E-state index is -0.642. The molecule has 3 aromatic rings. The quantitative estimate of drug-likeness (QED) is 0.467. The number of primary amides is 1. The lowest BCUT2D eigenvalue weighted by Gasteiger charge is -2.23. The van der Waals surface area contributed by atoms with Crippen molar-refractivity contribution in [1.82, 2.24) is 9.88 Å². The van der Waals surface area contributed by atoms with E-state index in [1.165, 1.54) is 11.0 Å². The van der Waals surface area contributed by atoms with Crippen LogP contribution >= 0.6 is 0 Å². The largest absolute Gasteiger partial charge is 0.507 e. The number of phenols is 1. The first-order valence-corrected chi connectivity index (χ1v) is 11.2. The van der Waals surface area contributed by atoms with E-state index in [1.54, 1.807) is 19.2 Å². The summed E-state index contributed by atoms with van der Waals surface area (Å²) in [5.41, 5.74) is 10.4. The van der Waals surface area contributed by atoms with Gasteiger partial charge in [0.2, 0.25) is 5.91 Å². The number of carbonyl (C=O) groups is 2. The van der Waals surface area contributed by atoms with E-state index < -0.39 is 11.9 Å². The van der Waals surface area contributed by atoms with E-state index >= 15 is 0 Å². The number of anilines is 1. The molecule has 2 amide bonds. The molecule has 2 aliphatic heterocycles. The Morgan fingerprint density at radius 3 is 2.79 bits per heavy atom. The fraction of sp³-hybridized carbons (Fsp3) is 0.231. The molecule has 8 heteroatoms. The number of amides is 2.